The van der Waals surface area contributed by atoms with Gasteiger partial charge in [0.15, 0.2) is 12.2 Å². The molecule has 6 aromatic rings. The number of methoxy groups -OCH3 is 2. The van der Waals surface area contributed by atoms with Crippen molar-refractivity contribution in [3.05, 3.63) is 150 Å². The highest BCUT2D eigenvalue weighted by Gasteiger charge is 2.66. The van der Waals surface area contributed by atoms with Crippen LogP contribution in [0.2, 0.25) is 18.6 Å². The zero-order valence-electron chi connectivity index (χ0n) is 35.6. The van der Waals surface area contributed by atoms with E-state index in [4.69, 9.17) is 18.9 Å². The van der Waals surface area contributed by atoms with Gasteiger partial charge >= 0.3 is 0 Å². The number of rotatable bonds is 13. The molecule has 1 spiro atoms. The molecule has 3 aliphatic heterocycles. The summed E-state index contributed by atoms with van der Waals surface area (Å²) in [6.07, 6.45) is 2.15. The third-order valence-corrected chi connectivity index (χ3v) is 17.6. The Kier molecular flexibility index (Phi) is 11.0. The Morgan fingerprint density at radius 1 is 0.871 bits per heavy atom. The number of anilines is 3. The number of aliphatic hydroxyl groups is 1. The van der Waals surface area contributed by atoms with Crippen molar-refractivity contribution in [3.63, 3.8) is 0 Å². The second-order valence-electron chi connectivity index (χ2n) is 16.9. The van der Waals surface area contributed by atoms with E-state index in [1.807, 2.05) is 125 Å². The van der Waals surface area contributed by atoms with Gasteiger partial charge in [0.05, 0.1) is 64.5 Å². The Bertz CT molecular complexity index is 2600. The van der Waals surface area contributed by atoms with Gasteiger partial charge in [-0.3, -0.25) is 19.2 Å². The highest BCUT2D eigenvalue weighted by Crippen LogP contribution is 2.60. The van der Waals surface area contributed by atoms with Crippen LogP contribution in [0.25, 0.3) is 0 Å². The van der Waals surface area contributed by atoms with E-state index < -0.39 is 13.7 Å². The first-order valence-electron chi connectivity index (χ1n) is 21.1. The predicted molar refractivity (Wildman–Crippen MR) is 239 cm³/mol. The number of aryl methyl sites for hydroxylation is 1. The third-order valence-electron chi connectivity index (χ3n) is 13.2. The average Bonchev–Trinajstić information content (AvgIpc) is 3.96. The Balaban J connectivity index is 1.07. The third kappa shape index (κ3) is 7.03. The van der Waals surface area contributed by atoms with Gasteiger partial charge < -0.3 is 29.0 Å². The molecule has 13 heteroatoms. The number of fused-ring (bicyclic) bond motifs is 3. The molecule has 4 heterocycles. The minimum atomic E-state index is -2.44. The number of carbonyl (C=O) groups is 2. The number of aromatic nitrogens is 3. The number of aliphatic hydroxyl groups excluding tert-OH is 1. The van der Waals surface area contributed by atoms with Crippen molar-refractivity contribution in [2.45, 2.75) is 62.7 Å². The molecule has 62 heavy (non-hydrogen) atoms. The summed E-state index contributed by atoms with van der Waals surface area (Å²) in [4.78, 5) is 32.4. The number of nitrogens with zero attached hydrogens (tertiary/aromatic N) is 5. The molecule has 9 rings (SSSR count). The lowest BCUT2D eigenvalue weighted by Gasteiger charge is -2.37. The second-order valence-corrected chi connectivity index (χ2v) is 21.6. The van der Waals surface area contributed by atoms with E-state index in [0.717, 1.165) is 28.1 Å². The molecule has 1 N–H and O–H groups in total. The zero-order valence-corrected chi connectivity index (χ0v) is 36.6. The van der Waals surface area contributed by atoms with Crippen molar-refractivity contribution in [2.75, 3.05) is 37.2 Å². The van der Waals surface area contributed by atoms with E-state index >= 15 is 4.79 Å². The normalized spacial score (nSPS) is 21.2. The molecule has 2 amide bonds. The lowest BCUT2D eigenvalue weighted by atomic mass is 9.82. The van der Waals surface area contributed by atoms with Gasteiger partial charge in [0.25, 0.3) is 11.8 Å². The molecule has 1 aromatic heterocycles. The van der Waals surface area contributed by atoms with Crippen LogP contribution in [0.3, 0.4) is 0 Å². The number of benzene rings is 5. The van der Waals surface area contributed by atoms with Crippen molar-refractivity contribution in [1.82, 2.24) is 15.0 Å². The number of carbonyl (C=O) groups excluding carboxylic acids is 2. The number of ether oxygens (including phenoxy) is 4. The van der Waals surface area contributed by atoms with E-state index in [1.54, 1.807) is 19.1 Å². The van der Waals surface area contributed by atoms with E-state index in [2.05, 4.69) is 42.5 Å². The summed E-state index contributed by atoms with van der Waals surface area (Å²) in [5.74, 6) is 1.22. The minimum absolute atomic E-state index is 0.00734. The number of hydrogen-bond acceptors (Lipinski definition) is 9. The Hall–Kier alpha value is -6.28. The topological polar surface area (TPSA) is 128 Å². The number of hydrogen-bond donors (Lipinski definition) is 1. The van der Waals surface area contributed by atoms with E-state index in [0.29, 0.717) is 41.5 Å². The molecule has 318 valence electrons. The maximum absolute atomic E-state index is 15.6. The maximum atomic E-state index is 15.6. The van der Waals surface area contributed by atoms with Crippen molar-refractivity contribution in [2.24, 2.45) is 5.92 Å². The first-order valence-corrected chi connectivity index (χ1v) is 24.2. The quantitative estimate of drug-likeness (QED) is 0.119. The molecule has 0 radical (unpaired) electrons. The molecule has 5 atom stereocenters. The van der Waals surface area contributed by atoms with E-state index in [1.165, 1.54) is 5.19 Å². The molecule has 0 saturated carbocycles. The molecule has 0 aliphatic carbocycles. The van der Waals surface area contributed by atoms with Crippen LogP contribution < -0.4 is 29.2 Å². The molecule has 12 nitrogen and oxygen atoms in total. The van der Waals surface area contributed by atoms with Crippen LogP contribution in [-0.2, 0) is 33.0 Å². The zero-order chi connectivity index (χ0) is 43.2. The summed E-state index contributed by atoms with van der Waals surface area (Å²) in [5.41, 5.74) is 4.12. The maximum Gasteiger partial charge on any atom is 0.269 e. The monoisotopic (exact) mass is 849 g/mol. The van der Waals surface area contributed by atoms with Crippen LogP contribution in [0.15, 0.2) is 128 Å². The van der Waals surface area contributed by atoms with Gasteiger partial charge in [-0.15, -0.1) is 5.10 Å². The van der Waals surface area contributed by atoms with Gasteiger partial charge in [0.1, 0.15) is 17.2 Å². The molecular formula is C49H51N5O7Si. The summed E-state index contributed by atoms with van der Waals surface area (Å²) >= 11 is 0. The highest BCUT2D eigenvalue weighted by molar-refractivity contribution is 6.91. The van der Waals surface area contributed by atoms with Crippen LogP contribution in [0.5, 0.6) is 17.2 Å². The average molecular weight is 850 g/mol. The van der Waals surface area contributed by atoms with Crippen molar-refractivity contribution in [1.29, 1.82) is 0 Å². The SMILES string of the molecule is COc1ccc([Si](C)(C)[C@H]2[C@H](CCn3cc(C(CO)c4ccccc4)nn3)O[C@@]3(C(=O)N(Cc4cccc(N5C(=O)COc6ccccc65)c4)c4ccc(OC)cc43)[C@@H]2C)cc1. The summed E-state index contributed by atoms with van der Waals surface area (Å²) in [7, 11) is 0.862. The Morgan fingerprint density at radius 3 is 2.37 bits per heavy atom. The minimum Gasteiger partial charge on any atom is -0.497 e. The summed E-state index contributed by atoms with van der Waals surface area (Å²) in [6.45, 7) is 7.50. The fraction of sp³-hybridized carbons (Fsp3) is 0.306. The Labute approximate surface area is 362 Å². The second kappa shape index (κ2) is 16.5. The van der Waals surface area contributed by atoms with Gasteiger partial charge in [-0.2, -0.15) is 0 Å². The van der Waals surface area contributed by atoms with Gasteiger partial charge in [0.2, 0.25) is 0 Å². The van der Waals surface area contributed by atoms with Gasteiger partial charge in [-0.05, 0) is 77.7 Å². The summed E-state index contributed by atoms with van der Waals surface area (Å²) in [6, 6.07) is 39.3. The van der Waals surface area contributed by atoms with Gasteiger partial charge in [0, 0.05) is 29.9 Å². The van der Waals surface area contributed by atoms with Crippen LogP contribution in [0, 0.1) is 5.92 Å². The predicted octanol–water partition coefficient (Wildman–Crippen LogP) is 7.33. The molecule has 1 saturated heterocycles. The fourth-order valence-electron chi connectivity index (χ4n) is 10.1. The van der Waals surface area contributed by atoms with E-state index in [-0.39, 0.29) is 55.1 Å². The lowest BCUT2D eigenvalue weighted by molar-refractivity contribution is -0.146. The fourth-order valence-corrected chi connectivity index (χ4v) is 14.2. The van der Waals surface area contributed by atoms with Crippen LogP contribution in [-0.4, -0.2) is 73.5 Å². The highest BCUT2D eigenvalue weighted by atomic mass is 28.3. The number of amides is 2. The lowest BCUT2D eigenvalue weighted by Crippen LogP contribution is -2.51. The number of para-hydroxylation sites is 2. The summed E-state index contributed by atoms with van der Waals surface area (Å²) in [5, 5.41) is 20.6. The largest absolute Gasteiger partial charge is 0.497 e. The molecule has 1 fully saturated rings. The van der Waals surface area contributed by atoms with E-state index in [9.17, 15) is 9.90 Å². The smallest absolute Gasteiger partial charge is 0.269 e. The molecule has 0 bridgehead atoms. The van der Waals surface area contributed by atoms with Gasteiger partial charge in [-0.1, -0.05) is 97.1 Å². The molecule has 1 unspecified atom stereocenters. The van der Waals surface area contributed by atoms with Gasteiger partial charge in [-0.25, -0.2) is 0 Å². The molecule has 5 aromatic carbocycles. The van der Waals surface area contributed by atoms with Crippen LogP contribution in [0.1, 0.15) is 41.6 Å². The van der Waals surface area contributed by atoms with Crippen molar-refractivity contribution >= 4 is 42.1 Å². The Morgan fingerprint density at radius 2 is 1.61 bits per heavy atom. The molecule has 3 aliphatic rings. The first kappa shape index (κ1) is 41.1. The summed E-state index contributed by atoms with van der Waals surface area (Å²) < 4.78 is 26.3. The first-order chi connectivity index (χ1) is 30.1. The standard InChI is InChI=1S/C49H51N5O7Si/c1-32-47(62(4,5)38-21-18-36(58-2)19-22-38)45(24-25-52-29-41(50-51-52)39(30-55)34-13-7-6-8-14-34)61-49(32)40-27-37(59-3)20-23-42(40)53(48(49)57)28-33-12-11-15-35(26-33)54-43-16-9-10-17-44(43)60-31-46(54)56/h6-23,26-27,29,32,39,45,47,55H,24-25,28,30-31H2,1-5H3/t32-,39?,45+,47-,49+/m1/s1. The van der Waals surface area contributed by atoms with Crippen LogP contribution >= 0.6 is 0 Å². The van der Waals surface area contributed by atoms with Crippen molar-refractivity contribution in [3.8, 4) is 17.2 Å². The van der Waals surface area contributed by atoms with Crippen LogP contribution in [0.4, 0.5) is 17.1 Å². The van der Waals surface area contributed by atoms with Crippen molar-refractivity contribution < 1.29 is 33.6 Å². The molecular weight excluding hydrogens is 799 g/mol.